The molecule has 0 aromatic carbocycles. The minimum atomic E-state index is -0.526. The Labute approximate surface area is 89.0 Å². The molecule has 2 N–H and O–H groups in total. The molecule has 1 aromatic rings. The molecule has 0 bridgehead atoms. The summed E-state index contributed by atoms with van der Waals surface area (Å²) < 4.78 is 10.5. The number of nitrogens with two attached hydrogens (primary N) is 1. The summed E-state index contributed by atoms with van der Waals surface area (Å²) in [4.78, 5) is 4.32. The molecule has 1 aliphatic rings. The zero-order valence-corrected chi connectivity index (χ0v) is 9.41. The normalized spacial score (nSPS) is 20.0. The average Bonchev–Trinajstić information content (AvgIpc) is 2.63. The van der Waals surface area contributed by atoms with E-state index in [0.29, 0.717) is 11.7 Å². The maximum absolute atomic E-state index is 6.09. The molecule has 0 atom stereocenters. The van der Waals surface area contributed by atoms with Crippen LogP contribution in [0.15, 0.2) is 4.52 Å². The summed E-state index contributed by atoms with van der Waals surface area (Å²) in [7, 11) is 1.62. The number of hydrogen-bond donors (Lipinski definition) is 1. The number of nitrogens with zero attached hydrogens (tertiary/aromatic N) is 2. The molecule has 15 heavy (non-hydrogen) atoms. The highest BCUT2D eigenvalue weighted by atomic mass is 16.5. The third-order valence-electron chi connectivity index (χ3n) is 3.15. The van der Waals surface area contributed by atoms with Gasteiger partial charge in [-0.05, 0) is 33.1 Å². The van der Waals surface area contributed by atoms with Crippen molar-refractivity contribution in [3.8, 4) is 0 Å². The Bertz CT molecular complexity index is 329. The highest BCUT2D eigenvalue weighted by Crippen LogP contribution is 2.38. The molecule has 0 aliphatic heterocycles. The minimum Gasteiger partial charge on any atom is -0.371 e. The van der Waals surface area contributed by atoms with E-state index in [-0.39, 0.29) is 0 Å². The predicted octanol–water partition coefficient (Wildman–Crippen LogP) is 1.29. The molecule has 0 amide bonds. The van der Waals surface area contributed by atoms with Gasteiger partial charge in [0, 0.05) is 7.11 Å². The van der Waals surface area contributed by atoms with Gasteiger partial charge < -0.3 is 15.0 Å². The van der Waals surface area contributed by atoms with Gasteiger partial charge in [-0.1, -0.05) is 5.16 Å². The van der Waals surface area contributed by atoms with Gasteiger partial charge in [-0.2, -0.15) is 4.98 Å². The second-order valence-electron chi connectivity index (χ2n) is 4.65. The van der Waals surface area contributed by atoms with Crippen LogP contribution in [0.1, 0.15) is 44.8 Å². The molecule has 5 nitrogen and oxygen atoms in total. The first-order valence-electron chi connectivity index (χ1n) is 5.17. The lowest BCUT2D eigenvalue weighted by Crippen LogP contribution is -2.43. The van der Waals surface area contributed by atoms with E-state index in [4.69, 9.17) is 15.0 Å². The monoisotopic (exact) mass is 211 g/mol. The Morgan fingerprint density at radius 2 is 2.13 bits per heavy atom. The topological polar surface area (TPSA) is 74.2 Å². The van der Waals surface area contributed by atoms with Crippen LogP contribution >= 0.6 is 0 Å². The van der Waals surface area contributed by atoms with E-state index in [1.165, 1.54) is 0 Å². The quantitative estimate of drug-likeness (QED) is 0.815. The minimum absolute atomic E-state index is 0.394. The van der Waals surface area contributed by atoms with Crippen LogP contribution in [0.3, 0.4) is 0 Å². The van der Waals surface area contributed by atoms with Crippen LogP contribution in [0.5, 0.6) is 0 Å². The van der Waals surface area contributed by atoms with Gasteiger partial charge in [0.05, 0.1) is 5.54 Å². The van der Waals surface area contributed by atoms with E-state index in [2.05, 4.69) is 10.1 Å². The SMILES string of the molecule is COC(C)(C)c1noc(C2(N)CCC2)n1. The van der Waals surface area contributed by atoms with Crippen molar-refractivity contribution >= 4 is 0 Å². The maximum atomic E-state index is 6.09. The van der Waals surface area contributed by atoms with Crippen LogP contribution in [0, 0.1) is 0 Å². The van der Waals surface area contributed by atoms with E-state index in [9.17, 15) is 0 Å². The Balaban J connectivity index is 2.24. The lowest BCUT2D eigenvalue weighted by Gasteiger charge is -2.33. The molecule has 1 heterocycles. The lowest BCUT2D eigenvalue weighted by atomic mass is 9.78. The summed E-state index contributed by atoms with van der Waals surface area (Å²) >= 11 is 0. The van der Waals surface area contributed by atoms with Crippen LogP contribution in [0.25, 0.3) is 0 Å². The Morgan fingerprint density at radius 1 is 1.47 bits per heavy atom. The van der Waals surface area contributed by atoms with Gasteiger partial charge >= 0.3 is 0 Å². The first-order valence-corrected chi connectivity index (χ1v) is 5.17. The molecule has 1 aliphatic carbocycles. The molecule has 1 aromatic heterocycles. The van der Waals surface area contributed by atoms with Crippen LogP contribution in [0.2, 0.25) is 0 Å². The lowest BCUT2D eigenvalue weighted by molar-refractivity contribution is 0.00973. The van der Waals surface area contributed by atoms with Crippen molar-refractivity contribution < 1.29 is 9.26 Å². The smallest absolute Gasteiger partial charge is 0.246 e. The predicted molar refractivity (Wildman–Crippen MR) is 54.0 cm³/mol. The molecule has 0 radical (unpaired) electrons. The van der Waals surface area contributed by atoms with Gasteiger partial charge in [0.25, 0.3) is 0 Å². The van der Waals surface area contributed by atoms with Crippen molar-refractivity contribution in [3.05, 3.63) is 11.7 Å². The van der Waals surface area contributed by atoms with Crippen molar-refractivity contribution in [2.24, 2.45) is 5.73 Å². The third kappa shape index (κ3) is 1.66. The molecule has 84 valence electrons. The van der Waals surface area contributed by atoms with Crippen molar-refractivity contribution in [3.63, 3.8) is 0 Å². The fourth-order valence-corrected chi connectivity index (χ4v) is 1.53. The third-order valence-corrected chi connectivity index (χ3v) is 3.15. The van der Waals surface area contributed by atoms with E-state index in [1.807, 2.05) is 13.8 Å². The van der Waals surface area contributed by atoms with Crippen molar-refractivity contribution in [1.82, 2.24) is 10.1 Å². The Hall–Kier alpha value is -0.940. The molecule has 0 unspecified atom stereocenters. The van der Waals surface area contributed by atoms with E-state index < -0.39 is 11.1 Å². The maximum Gasteiger partial charge on any atom is 0.246 e. The fraction of sp³-hybridized carbons (Fsp3) is 0.800. The summed E-state index contributed by atoms with van der Waals surface area (Å²) in [6, 6.07) is 0. The van der Waals surface area contributed by atoms with E-state index in [1.54, 1.807) is 7.11 Å². The molecule has 1 fully saturated rings. The summed E-state index contributed by atoms with van der Waals surface area (Å²) in [5, 5.41) is 3.92. The summed E-state index contributed by atoms with van der Waals surface area (Å²) in [6.07, 6.45) is 2.96. The zero-order chi connectivity index (χ0) is 11.1. The van der Waals surface area contributed by atoms with Gasteiger partial charge in [0.15, 0.2) is 0 Å². The average molecular weight is 211 g/mol. The fourth-order valence-electron chi connectivity index (χ4n) is 1.53. The van der Waals surface area contributed by atoms with Crippen LogP contribution in [-0.2, 0) is 15.9 Å². The van der Waals surface area contributed by atoms with Gasteiger partial charge in [-0.25, -0.2) is 0 Å². The van der Waals surface area contributed by atoms with Crippen LogP contribution < -0.4 is 5.73 Å². The zero-order valence-electron chi connectivity index (χ0n) is 9.41. The molecular weight excluding hydrogens is 194 g/mol. The van der Waals surface area contributed by atoms with E-state index in [0.717, 1.165) is 19.3 Å². The van der Waals surface area contributed by atoms with Crippen LogP contribution in [-0.4, -0.2) is 17.3 Å². The van der Waals surface area contributed by atoms with Crippen LogP contribution in [0.4, 0.5) is 0 Å². The van der Waals surface area contributed by atoms with Gasteiger partial charge in [-0.15, -0.1) is 0 Å². The standard InChI is InChI=1S/C10H17N3O2/c1-9(2,14-3)7-12-8(15-13-7)10(11)5-4-6-10/h4-6,11H2,1-3H3. The van der Waals surface area contributed by atoms with Crippen molar-refractivity contribution in [1.29, 1.82) is 0 Å². The van der Waals surface area contributed by atoms with Gasteiger partial charge in [0.2, 0.25) is 11.7 Å². The second-order valence-corrected chi connectivity index (χ2v) is 4.65. The first-order chi connectivity index (χ1) is 6.98. The van der Waals surface area contributed by atoms with Crippen molar-refractivity contribution in [2.75, 3.05) is 7.11 Å². The first kappa shape index (κ1) is 10.6. The highest BCUT2D eigenvalue weighted by Gasteiger charge is 2.41. The molecule has 2 rings (SSSR count). The molecule has 1 saturated carbocycles. The molecule has 0 spiro atoms. The van der Waals surface area contributed by atoms with Gasteiger partial charge in [-0.3, -0.25) is 0 Å². The number of methoxy groups -OCH3 is 1. The summed E-state index contributed by atoms with van der Waals surface area (Å²) in [5.41, 5.74) is 5.17. The highest BCUT2D eigenvalue weighted by molar-refractivity contribution is 5.09. The Morgan fingerprint density at radius 3 is 2.60 bits per heavy atom. The van der Waals surface area contributed by atoms with E-state index >= 15 is 0 Å². The largest absolute Gasteiger partial charge is 0.371 e. The number of ether oxygens (including phenoxy) is 1. The Kier molecular flexibility index (Phi) is 2.31. The van der Waals surface area contributed by atoms with Gasteiger partial charge in [0.1, 0.15) is 5.60 Å². The van der Waals surface area contributed by atoms with Crippen molar-refractivity contribution in [2.45, 2.75) is 44.2 Å². The number of rotatable bonds is 3. The second kappa shape index (κ2) is 3.28. The number of hydrogen-bond acceptors (Lipinski definition) is 5. The summed E-state index contributed by atoms with van der Waals surface area (Å²) in [5.74, 6) is 1.09. The molecule has 0 saturated heterocycles. The number of aromatic nitrogens is 2. The summed E-state index contributed by atoms with van der Waals surface area (Å²) in [6.45, 7) is 3.79. The molecular formula is C10H17N3O2. The molecule has 5 heteroatoms.